The number of nitrogen functional groups attached to an aromatic ring is 1. The van der Waals surface area contributed by atoms with Gasteiger partial charge in [-0.2, -0.15) is 11.8 Å². The van der Waals surface area contributed by atoms with Crippen LogP contribution in [0.1, 0.15) is 6.42 Å². The van der Waals surface area contributed by atoms with E-state index >= 15 is 0 Å². The minimum Gasteiger partial charge on any atom is -0.384 e. The quantitative estimate of drug-likeness (QED) is 0.763. The molecule has 2 heterocycles. The second-order valence-electron chi connectivity index (χ2n) is 3.39. The summed E-state index contributed by atoms with van der Waals surface area (Å²) < 4.78 is 0. The van der Waals surface area contributed by atoms with Crippen molar-refractivity contribution in [3.05, 3.63) is 18.3 Å². The van der Waals surface area contributed by atoms with Crippen LogP contribution in [0.4, 0.5) is 11.5 Å². The highest BCUT2D eigenvalue weighted by Gasteiger charge is 2.09. The zero-order valence-electron chi connectivity index (χ0n) is 8.15. The number of rotatable bonds is 1. The van der Waals surface area contributed by atoms with Crippen LogP contribution in [-0.2, 0) is 0 Å². The molecule has 1 aliphatic rings. The monoisotopic (exact) mass is 209 g/mol. The Kier molecular flexibility index (Phi) is 3.14. The highest BCUT2D eigenvalue weighted by molar-refractivity contribution is 7.99. The van der Waals surface area contributed by atoms with Crippen molar-refractivity contribution in [3.8, 4) is 0 Å². The number of nitrogens with zero attached hydrogens (tertiary/aromatic N) is 2. The molecule has 0 spiro atoms. The first-order valence-electron chi connectivity index (χ1n) is 4.90. The van der Waals surface area contributed by atoms with Gasteiger partial charge in [-0.05, 0) is 18.2 Å². The average molecular weight is 209 g/mol. The molecule has 0 aliphatic carbocycles. The van der Waals surface area contributed by atoms with Crippen molar-refractivity contribution in [1.29, 1.82) is 0 Å². The van der Waals surface area contributed by atoms with E-state index in [1.807, 2.05) is 23.9 Å². The Morgan fingerprint density at radius 2 is 2.29 bits per heavy atom. The number of pyridine rings is 1. The third-order valence-corrected chi connectivity index (χ3v) is 3.40. The van der Waals surface area contributed by atoms with Crippen molar-refractivity contribution in [3.63, 3.8) is 0 Å². The molecule has 0 atom stereocenters. The van der Waals surface area contributed by atoms with Crippen molar-refractivity contribution < 1.29 is 0 Å². The van der Waals surface area contributed by atoms with Gasteiger partial charge in [0.2, 0.25) is 0 Å². The van der Waals surface area contributed by atoms with E-state index in [2.05, 4.69) is 9.88 Å². The second-order valence-corrected chi connectivity index (χ2v) is 4.62. The van der Waals surface area contributed by atoms with Crippen LogP contribution in [-0.4, -0.2) is 29.6 Å². The molecule has 2 rings (SSSR count). The SMILES string of the molecule is Nc1cc(N2CCCSCC2)ccn1. The maximum absolute atomic E-state index is 5.66. The fourth-order valence-electron chi connectivity index (χ4n) is 1.64. The molecular weight excluding hydrogens is 194 g/mol. The van der Waals surface area contributed by atoms with Crippen LogP contribution in [0.3, 0.4) is 0 Å². The molecular formula is C10H15N3S. The smallest absolute Gasteiger partial charge is 0.125 e. The fraction of sp³-hybridized carbons (Fsp3) is 0.500. The van der Waals surface area contributed by atoms with Gasteiger partial charge in [0.1, 0.15) is 5.82 Å². The molecule has 0 unspecified atom stereocenters. The highest BCUT2D eigenvalue weighted by Crippen LogP contribution is 2.19. The van der Waals surface area contributed by atoms with Crippen molar-refractivity contribution in [2.24, 2.45) is 0 Å². The maximum atomic E-state index is 5.66. The summed E-state index contributed by atoms with van der Waals surface area (Å²) >= 11 is 2.03. The van der Waals surface area contributed by atoms with Crippen molar-refractivity contribution >= 4 is 23.3 Å². The average Bonchev–Trinajstić information content (AvgIpc) is 2.45. The van der Waals surface area contributed by atoms with E-state index in [9.17, 15) is 0 Å². The summed E-state index contributed by atoms with van der Waals surface area (Å²) in [7, 11) is 0. The molecule has 1 saturated heterocycles. The molecule has 1 aliphatic heterocycles. The van der Waals surface area contributed by atoms with E-state index < -0.39 is 0 Å². The Labute approximate surface area is 88.7 Å². The summed E-state index contributed by atoms with van der Waals surface area (Å²) in [5, 5.41) is 0. The molecule has 0 bridgehead atoms. The van der Waals surface area contributed by atoms with Crippen molar-refractivity contribution in [2.45, 2.75) is 6.42 Å². The highest BCUT2D eigenvalue weighted by atomic mass is 32.2. The van der Waals surface area contributed by atoms with Gasteiger partial charge in [0.15, 0.2) is 0 Å². The van der Waals surface area contributed by atoms with E-state index in [0.29, 0.717) is 5.82 Å². The molecule has 14 heavy (non-hydrogen) atoms. The molecule has 1 fully saturated rings. The van der Waals surface area contributed by atoms with Gasteiger partial charge < -0.3 is 10.6 Å². The summed E-state index contributed by atoms with van der Waals surface area (Å²) in [6.45, 7) is 2.25. The second kappa shape index (κ2) is 4.55. The number of anilines is 2. The zero-order valence-corrected chi connectivity index (χ0v) is 8.96. The van der Waals surface area contributed by atoms with E-state index in [1.165, 1.54) is 23.6 Å². The summed E-state index contributed by atoms with van der Waals surface area (Å²) in [5.74, 6) is 3.10. The van der Waals surface area contributed by atoms with E-state index in [1.54, 1.807) is 6.20 Å². The summed E-state index contributed by atoms with van der Waals surface area (Å²) in [6, 6.07) is 3.99. The van der Waals surface area contributed by atoms with Crippen LogP contribution in [0.15, 0.2) is 18.3 Å². The summed E-state index contributed by atoms with van der Waals surface area (Å²) in [5.41, 5.74) is 6.87. The Morgan fingerprint density at radius 3 is 3.14 bits per heavy atom. The van der Waals surface area contributed by atoms with Gasteiger partial charge in [-0.15, -0.1) is 0 Å². The lowest BCUT2D eigenvalue weighted by Gasteiger charge is -2.22. The number of nitrogens with two attached hydrogens (primary N) is 1. The lowest BCUT2D eigenvalue weighted by molar-refractivity contribution is 0.815. The lowest BCUT2D eigenvalue weighted by atomic mass is 10.3. The lowest BCUT2D eigenvalue weighted by Crippen LogP contribution is -2.25. The van der Waals surface area contributed by atoms with Crippen LogP contribution in [0, 0.1) is 0 Å². The number of aromatic nitrogens is 1. The molecule has 2 N–H and O–H groups in total. The van der Waals surface area contributed by atoms with Gasteiger partial charge >= 0.3 is 0 Å². The molecule has 0 amide bonds. The first kappa shape index (κ1) is 9.65. The van der Waals surface area contributed by atoms with E-state index in [0.717, 1.165) is 13.1 Å². The molecule has 0 aromatic carbocycles. The third kappa shape index (κ3) is 2.32. The van der Waals surface area contributed by atoms with Gasteiger partial charge in [0, 0.05) is 36.8 Å². The predicted molar refractivity (Wildman–Crippen MR) is 62.8 cm³/mol. The van der Waals surface area contributed by atoms with E-state index in [4.69, 9.17) is 5.73 Å². The molecule has 76 valence electrons. The molecule has 0 radical (unpaired) electrons. The number of hydrogen-bond donors (Lipinski definition) is 1. The van der Waals surface area contributed by atoms with Crippen LogP contribution >= 0.6 is 11.8 Å². The summed E-state index contributed by atoms with van der Waals surface area (Å²) in [6.07, 6.45) is 3.04. The maximum Gasteiger partial charge on any atom is 0.125 e. The zero-order chi connectivity index (χ0) is 9.80. The molecule has 1 aromatic heterocycles. The van der Waals surface area contributed by atoms with Gasteiger partial charge in [0.05, 0.1) is 0 Å². The van der Waals surface area contributed by atoms with Gasteiger partial charge in [-0.25, -0.2) is 4.98 Å². The first-order chi connectivity index (χ1) is 6.86. The topological polar surface area (TPSA) is 42.1 Å². The molecule has 1 aromatic rings. The third-order valence-electron chi connectivity index (χ3n) is 2.35. The molecule has 3 nitrogen and oxygen atoms in total. The molecule has 0 saturated carbocycles. The number of thioether (sulfide) groups is 1. The fourth-order valence-corrected chi connectivity index (χ4v) is 2.52. The van der Waals surface area contributed by atoms with Crippen molar-refractivity contribution in [1.82, 2.24) is 4.98 Å². The normalized spacial score (nSPS) is 17.9. The standard InChI is InChI=1S/C10H15N3S/c11-10-8-9(2-3-12-10)13-4-1-6-14-7-5-13/h2-3,8H,1,4-7H2,(H2,11,12). The van der Waals surface area contributed by atoms with E-state index in [-0.39, 0.29) is 0 Å². The van der Waals surface area contributed by atoms with Gasteiger partial charge in [-0.1, -0.05) is 0 Å². The molecule has 4 heteroatoms. The Morgan fingerprint density at radius 1 is 1.36 bits per heavy atom. The minimum absolute atomic E-state index is 0.611. The Bertz CT molecular complexity index is 295. The van der Waals surface area contributed by atoms with Crippen LogP contribution in [0.25, 0.3) is 0 Å². The van der Waals surface area contributed by atoms with Crippen LogP contribution in [0.5, 0.6) is 0 Å². The Balaban J connectivity index is 2.12. The largest absolute Gasteiger partial charge is 0.384 e. The van der Waals surface area contributed by atoms with Gasteiger partial charge in [-0.3, -0.25) is 0 Å². The minimum atomic E-state index is 0.611. The number of hydrogen-bond acceptors (Lipinski definition) is 4. The van der Waals surface area contributed by atoms with Crippen LogP contribution in [0.2, 0.25) is 0 Å². The predicted octanol–water partition coefficient (Wildman–Crippen LogP) is 1.61. The van der Waals surface area contributed by atoms with Crippen molar-refractivity contribution in [2.75, 3.05) is 35.2 Å². The van der Waals surface area contributed by atoms with Crippen LogP contribution < -0.4 is 10.6 Å². The van der Waals surface area contributed by atoms with Gasteiger partial charge in [0.25, 0.3) is 0 Å². The Hall–Kier alpha value is -0.900. The summed E-state index contributed by atoms with van der Waals surface area (Å²) in [4.78, 5) is 6.39. The first-order valence-corrected chi connectivity index (χ1v) is 6.06.